The third-order valence-electron chi connectivity index (χ3n) is 4.12. The second-order valence-corrected chi connectivity index (χ2v) is 6.47. The highest BCUT2D eigenvalue weighted by Crippen LogP contribution is 2.34. The van der Waals surface area contributed by atoms with Crippen LogP contribution in [0.1, 0.15) is 45.6 Å². The lowest BCUT2D eigenvalue weighted by molar-refractivity contribution is 0.129. The van der Waals surface area contributed by atoms with Crippen molar-refractivity contribution < 1.29 is 14.6 Å². The molecule has 2 unspecified atom stereocenters. The first-order valence-electron chi connectivity index (χ1n) is 8.26. The Morgan fingerprint density at radius 1 is 1.32 bits per heavy atom. The molecule has 0 spiro atoms. The van der Waals surface area contributed by atoms with Crippen LogP contribution in [-0.4, -0.2) is 41.9 Å². The van der Waals surface area contributed by atoms with Crippen molar-refractivity contribution in [3.8, 4) is 11.5 Å². The lowest BCUT2D eigenvalue weighted by atomic mass is 10.1. The molecule has 1 N–H and O–H groups in total. The van der Waals surface area contributed by atoms with Gasteiger partial charge in [0.25, 0.3) is 0 Å². The van der Waals surface area contributed by atoms with E-state index in [-0.39, 0.29) is 12.2 Å². The van der Waals surface area contributed by atoms with Crippen LogP contribution in [0.2, 0.25) is 0 Å². The van der Waals surface area contributed by atoms with Crippen LogP contribution in [0.25, 0.3) is 0 Å². The number of aliphatic hydroxyl groups is 1. The molecule has 0 amide bonds. The van der Waals surface area contributed by atoms with Crippen LogP contribution in [0.3, 0.4) is 0 Å². The van der Waals surface area contributed by atoms with Crippen LogP contribution in [0.5, 0.6) is 11.5 Å². The number of benzene rings is 1. The van der Waals surface area contributed by atoms with Crippen LogP contribution >= 0.6 is 0 Å². The molecule has 1 fully saturated rings. The van der Waals surface area contributed by atoms with Crippen molar-refractivity contribution >= 4 is 0 Å². The standard InChI is InChI=1S/C18H29NO3/c1-13(2)22-18-15(7-5-9-17(18)21-4)12-19-10-6-8-16(19)11-14(3)20/h5,7,9,13-14,16,20H,6,8,10-12H2,1-4H3. The molecule has 124 valence electrons. The Morgan fingerprint density at radius 3 is 2.73 bits per heavy atom. The zero-order valence-electron chi connectivity index (χ0n) is 14.2. The third kappa shape index (κ3) is 4.37. The number of ether oxygens (including phenoxy) is 2. The number of nitrogens with zero attached hydrogens (tertiary/aromatic N) is 1. The molecule has 4 nitrogen and oxygen atoms in total. The summed E-state index contributed by atoms with van der Waals surface area (Å²) in [6, 6.07) is 6.52. The molecule has 2 rings (SSSR count). The van der Waals surface area contributed by atoms with Gasteiger partial charge in [-0.25, -0.2) is 0 Å². The third-order valence-corrected chi connectivity index (χ3v) is 4.12. The molecule has 1 aliphatic rings. The van der Waals surface area contributed by atoms with Gasteiger partial charge in [-0.2, -0.15) is 0 Å². The van der Waals surface area contributed by atoms with Gasteiger partial charge in [-0.1, -0.05) is 12.1 Å². The van der Waals surface area contributed by atoms with E-state index in [0.29, 0.717) is 6.04 Å². The molecule has 1 aromatic carbocycles. The van der Waals surface area contributed by atoms with E-state index in [0.717, 1.165) is 43.0 Å². The van der Waals surface area contributed by atoms with E-state index in [9.17, 15) is 5.11 Å². The van der Waals surface area contributed by atoms with Gasteiger partial charge < -0.3 is 14.6 Å². The Balaban J connectivity index is 2.17. The Labute approximate surface area is 134 Å². The van der Waals surface area contributed by atoms with Gasteiger partial charge >= 0.3 is 0 Å². The zero-order chi connectivity index (χ0) is 16.1. The van der Waals surface area contributed by atoms with Crippen LogP contribution in [-0.2, 0) is 6.54 Å². The molecule has 1 aliphatic heterocycles. The maximum Gasteiger partial charge on any atom is 0.166 e. The van der Waals surface area contributed by atoms with Crippen LogP contribution < -0.4 is 9.47 Å². The number of hydrogen-bond donors (Lipinski definition) is 1. The fourth-order valence-electron chi connectivity index (χ4n) is 3.20. The minimum Gasteiger partial charge on any atom is -0.493 e. The number of rotatable bonds is 7. The van der Waals surface area contributed by atoms with Crippen molar-refractivity contribution in [3.05, 3.63) is 23.8 Å². The van der Waals surface area contributed by atoms with Crippen LogP contribution in [0.4, 0.5) is 0 Å². The number of likely N-dealkylation sites (tertiary alicyclic amines) is 1. The summed E-state index contributed by atoms with van der Waals surface area (Å²) >= 11 is 0. The largest absolute Gasteiger partial charge is 0.493 e. The first-order valence-corrected chi connectivity index (χ1v) is 8.26. The Kier molecular flexibility index (Phi) is 6.09. The number of methoxy groups -OCH3 is 1. The van der Waals surface area contributed by atoms with E-state index in [4.69, 9.17) is 9.47 Å². The normalized spacial score (nSPS) is 20.4. The van der Waals surface area contributed by atoms with E-state index >= 15 is 0 Å². The number of aliphatic hydroxyl groups excluding tert-OH is 1. The lowest BCUT2D eigenvalue weighted by Crippen LogP contribution is -2.31. The summed E-state index contributed by atoms with van der Waals surface area (Å²) in [6.45, 7) is 7.85. The molecule has 1 aromatic rings. The number of hydrogen-bond acceptors (Lipinski definition) is 4. The summed E-state index contributed by atoms with van der Waals surface area (Å²) in [5.41, 5.74) is 1.16. The molecule has 1 saturated heterocycles. The fraction of sp³-hybridized carbons (Fsp3) is 0.667. The van der Waals surface area contributed by atoms with E-state index in [1.165, 1.54) is 6.42 Å². The molecule has 0 aromatic heterocycles. The SMILES string of the molecule is COc1cccc(CN2CCCC2CC(C)O)c1OC(C)C. The molecular formula is C18H29NO3. The highest BCUT2D eigenvalue weighted by molar-refractivity contribution is 5.46. The molecule has 4 heteroatoms. The monoisotopic (exact) mass is 307 g/mol. The molecular weight excluding hydrogens is 278 g/mol. The Bertz CT molecular complexity index is 473. The molecule has 0 bridgehead atoms. The van der Waals surface area contributed by atoms with Gasteiger partial charge in [0, 0.05) is 18.2 Å². The minimum atomic E-state index is -0.248. The Hall–Kier alpha value is -1.26. The van der Waals surface area contributed by atoms with Gasteiger partial charge in [-0.15, -0.1) is 0 Å². The van der Waals surface area contributed by atoms with Gasteiger partial charge in [-0.3, -0.25) is 4.90 Å². The maximum absolute atomic E-state index is 9.68. The van der Waals surface area contributed by atoms with Gasteiger partial charge in [0.05, 0.1) is 19.3 Å². The maximum atomic E-state index is 9.68. The summed E-state index contributed by atoms with van der Waals surface area (Å²) in [6.07, 6.45) is 3.06. The Morgan fingerprint density at radius 2 is 2.09 bits per heavy atom. The van der Waals surface area contributed by atoms with E-state index in [1.807, 2.05) is 32.9 Å². The van der Waals surface area contributed by atoms with Gasteiger partial charge in [0.2, 0.25) is 0 Å². The van der Waals surface area contributed by atoms with E-state index in [1.54, 1.807) is 7.11 Å². The lowest BCUT2D eigenvalue weighted by Gasteiger charge is -2.27. The highest BCUT2D eigenvalue weighted by atomic mass is 16.5. The molecule has 0 aliphatic carbocycles. The van der Waals surface area contributed by atoms with Crippen LogP contribution in [0, 0.1) is 0 Å². The average Bonchev–Trinajstić information content (AvgIpc) is 2.86. The van der Waals surface area contributed by atoms with Crippen molar-refractivity contribution in [3.63, 3.8) is 0 Å². The fourth-order valence-corrected chi connectivity index (χ4v) is 3.20. The number of para-hydroxylation sites is 1. The second kappa shape index (κ2) is 7.84. The molecule has 22 heavy (non-hydrogen) atoms. The van der Waals surface area contributed by atoms with Crippen molar-refractivity contribution in [1.82, 2.24) is 4.90 Å². The first kappa shape index (κ1) is 17.1. The van der Waals surface area contributed by atoms with Crippen molar-refractivity contribution in [1.29, 1.82) is 0 Å². The van der Waals surface area contributed by atoms with Gasteiger partial charge in [0.15, 0.2) is 11.5 Å². The first-order chi connectivity index (χ1) is 10.5. The average molecular weight is 307 g/mol. The van der Waals surface area contributed by atoms with E-state index in [2.05, 4.69) is 11.0 Å². The summed E-state index contributed by atoms with van der Waals surface area (Å²) < 4.78 is 11.5. The smallest absolute Gasteiger partial charge is 0.166 e. The minimum absolute atomic E-state index is 0.113. The van der Waals surface area contributed by atoms with Gasteiger partial charge in [0.1, 0.15) is 0 Å². The zero-order valence-corrected chi connectivity index (χ0v) is 14.2. The van der Waals surface area contributed by atoms with E-state index < -0.39 is 0 Å². The topological polar surface area (TPSA) is 41.9 Å². The van der Waals surface area contributed by atoms with Crippen molar-refractivity contribution in [2.24, 2.45) is 0 Å². The van der Waals surface area contributed by atoms with Gasteiger partial charge in [-0.05, 0) is 52.6 Å². The predicted octanol–water partition coefficient (Wildman–Crippen LogP) is 3.22. The molecule has 0 radical (unpaired) electrons. The van der Waals surface area contributed by atoms with Crippen molar-refractivity contribution in [2.75, 3.05) is 13.7 Å². The summed E-state index contributed by atoms with van der Waals surface area (Å²) in [5, 5.41) is 9.68. The second-order valence-electron chi connectivity index (χ2n) is 6.47. The summed E-state index contributed by atoms with van der Waals surface area (Å²) in [5.74, 6) is 1.64. The predicted molar refractivity (Wildman–Crippen MR) is 88.5 cm³/mol. The summed E-state index contributed by atoms with van der Waals surface area (Å²) in [4.78, 5) is 2.45. The molecule has 0 saturated carbocycles. The van der Waals surface area contributed by atoms with Crippen molar-refractivity contribution in [2.45, 2.75) is 64.8 Å². The highest BCUT2D eigenvalue weighted by Gasteiger charge is 2.27. The summed E-state index contributed by atoms with van der Waals surface area (Å²) in [7, 11) is 1.68. The van der Waals surface area contributed by atoms with Crippen LogP contribution in [0.15, 0.2) is 18.2 Å². The molecule has 1 heterocycles. The quantitative estimate of drug-likeness (QED) is 0.840. The molecule has 2 atom stereocenters.